The van der Waals surface area contributed by atoms with Crippen LogP contribution in [0.4, 0.5) is 4.39 Å². The second-order valence-electron chi connectivity index (χ2n) is 4.84. The third-order valence-corrected chi connectivity index (χ3v) is 3.44. The Labute approximate surface area is 119 Å². The van der Waals surface area contributed by atoms with Crippen LogP contribution in [0.5, 0.6) is 5.75 Å². The van der Waals surface area contributed by atoms with Crippen molar-refractivity contribution in [3.63, 3.8) is 0 Å². The van der Waals surface area contributed by atoms with Gasteiger partial charge in [0.25, 0.3) is 0 Å². The molecule has 0 heterocycles. The molecule has 3 heteroatoms. The van der Waals surface area contributed by atoms with Gasteiger partial charge in [-0.2, -0.15) is 0 Å². The molecule has 0 saturated carbocycles. The summed E-state index contributed by atoms with van der Waals surface area (Å²) < 4.78 is 18.6. The normalized spacial score (nSPS) is 12.2. The zero-order chi connectivity index (χ0) is 14.4. The summed E-state index contributed by atoms with van der Waals surface area (Å²) in [6.45, 7) is 0. The monoisotopic (exact) mass is 273 g/mol. The van der Waals surface area contributed by atoms with Crippen LogP contribution in [-0.4, -0.2) is 20.2 Å². The van der Waals surface area contributed by atoms with Gasteiger partial charge in [0.15, 0.2) is 0 Å². The number of hydrogen-bond donors (Lipinski definition) is 1. The Bertz CT molecular complexity index is 556. The van der Waals surface area contributed by atoms with E-state index >= 15 is 0 Å². The molecule has 0 aliphatic rings. The largest absolute Gasteiger partial charge is 0.496 e. The molecule has 1 unspecified atom stereocenters. The van der Waals surface area contributed by atoms with Gasteiger partial charge in [-0.05, 0) is 49.2 Å². The molecule has 2 rings (SSSR count). The highest BCUT2D eigenvalue weighted by atomic mass is 19.1. The first-order valence-electron chi connectivity index (χ1n) is 6.76. The van der Waals surface area contributed by atoms with Gasteiger partial charge in [-0.1, -0.05) is 30.3 Å². The van der Waals surface area contributed by atoms with Crippen molar-refractivity contribution in [1.82, 2.24) is 5.32 Å². The summed E-state index contributed by atoms with van der Waals surface area (Å²) in [5.74, 6) is 0.710. The standard InChI is InChI=1S/C17H20FNO/c1-19-16(11-13-6-5-8-15(18)10-13)12-14-7-3-4-9-17(14)20-2/h3-10,16,19H,11-12H2,1-2H3. The summed E-state index contributed by atoms with van der Waals surface area (Å²) in [6, 6.07) is 15.0. The highest BCUT2D eigenvalue weighted by molar-refractivity contribution is 5.34. The van der Waals surface area contributed by atoms with Crippen molar-refractivity contribution in [3.05, 3.63) is 65.5 Å². The average Bonchev–Trinajstić information content (AvgIpc) is 2.47. The molecule has 0 aliphatic carbocycles. The Morgan fingerprint density at radius 1 is 1.10 bits per heavy atom. The smallest absolute Gasteiger partial charge is 0.123 e. The molecule has 0 bridgehead atoms. The number of halogens is 1. The highest BCUT2D eigenvalue weighted by Crippen LogP contribution is 2.20. The summed E-state index contributed by atoms with van der Waals surface area (Å²) in [7, 11) is 3.61. The molecule has 0 fully saturated rings. The van der Waals surface area contributed by atoms with Gasteiger partial charge in [-0.25, -0.2) is 4.39 Å². The van der Waals surface area contributed by atoms with Crippen LogP contribution in [0.3, 0.4) is 0 Å². The molecule has 0 aliphatic heterocycles. The van der Waals surface area contributed by atoms with Crippen molar-refractivity contribution in [3.8, 4) is 5.75 Å². The Hall–Kier alpha value is -1.87. The van der Waals surface area contributed by atoms with E-state index in [1.54, 1.807) is 19.2 Å². The molecule has 2 aromatic carbocycles. The lowest BCUT2D eigenvalue weighted by atomic mass is 9.98. The molecule has 0 saturated heterocycles. The number of ether oxygens (including phenoxy) is 1. The van der Waals surface area contributed by atoms with E-state index < -0.39 is 0 Å². The Kier molecular flexibility index (Phi) is 5.13. The zero-order valence-electron chi connectivity index (χ0n) is 11.9. The molecule has 1 N–H and O–H groups in total. The van der Waals surface area contributed by atoms with Crippen LogP contribution in [0.2, 0.25) is 0 Å². The minimum absolute atomic E-state index is 0.186. The number of para-hydroxylation sites is 1. The van der Waals surface area contributed by atoms with E-state index in [-0.39, 0.29) is 11.9 Å². The van der Waals surface area contributed by atoms with Gasteiger partial charge in [-0.3, -0.25) is 0 Å². The fraction of sp³-hybridized carbons (Fsp3) is 0.294. The number of hydrogen-bond acceptors (Lipinski definition) is 2. The molecule has 0 amide bonds. The van der Waals surface area contributed by atoms with Crippen LogP contribution in [0.15, 0.2) is 48.5 Å². The zero-order valence-corrected chi connectivity index (χ0v) is 11.9. The highest BCUT2D eigenvalue weighted by Gasteiger charge is 2.11. The van der Waals surface area contributed by atoms with Crippen LogP contribution >= 0.6 is 0 Å². The molecule has 0 radical (unpaired) electrons. The van der Waals surface area contributed by atoms with Crippen molar-refractivity contribution in [1.29, 1.82) is 0 Å². The second-order valence-corrected chi connectivity index (χ2v) is 4.84. The first-order valence-corrected chi connectivity index (χ1v) is 6.76. The van der Waals surface area contributed by atoms with E-state index in [9.17, 15) is 4.39 Å². The van der Waals surface area contributed by atoms with Gasteiger partial charge in [0.05, 0.1) is 7.11 Å². The number of nitrogens with one attached hydrogen (secondary N) is 1. The summed E-state index contributed by atoms with van der Waals surface area (Å²) in [6.07, 6.45) is 1.63. The second kappa shape index (κ2) is 7.06. The van der Waals surface area contributed by atoms with E-state index in [0.717, 1.165) is 29.7 Å². The lowest BCUT2D eigenvalue weighted by Crippen LogP contribution is -2.30. The van der Waals surface area contributed by atoms with Crippen LogP contribution in [0, 0.1) is 5.82 Å². The summed E-state index contributed by atoms with van der Waals surface area (Å²) in [4.78, 5) is 0. The van der Waals surface area contributed by atoms with Gasteiger partial charge in [0.2, 0.25) is 0 Å². The molecular formula is C17H20FNO. The van der Waals surface area contributed by atoms with Crippen LogP contribution in [-0.2, 0) is 12.8 Å². The first-order chi connectivity index (χ1) is 9.72. The quantitative estimate of drug-likeness (QED) is 0.872. The fourth-order valence-electron chi connectivity index (χ4n) is 2.36. The van der Waals surface area contributed by atoms with Gasteiger partial charge in [-0.15, -0.1) is 0 Å². The van der Waals surface area contributed by atoms with Gasteiger partial charge in [0, 0.05) is 6.04 Å². The number of likely N-dealkylation sites (N-methyl/N-ethyl adjacent to an activating group) is 1. The number of benzene rings is 2. The summed E-state index contributed by atoms with van der Waals surface area (Å²) >= 11 is 0. The van der Waals surface area contributed by atoms with E-state index in [2.05, 4.69) is 11.4 Å². The third kappa shape index (κ3) is 3.81. The Balaban J connectivity index is 2.09. The number of rotatable bonds is 6. The lowest BCUT2D eigenvalue weighted by Gasteiger charge is -2.18. The molecule has 2 aromatic rings. The molecule has 2 nitrogen and oxygen atoms in total. The van der Waals surface area contributed by atoms with Gasteiger partial charge in [0.1, 0.15) is 11.6 Å². The van der Waals surface area contributed by atoms with E-state index in [0.29, 0.717) is 0 Å². The van der Waals surface area contributed by atoms with Crippen molar-refractivity contribution in [2.24, 2.45) is 0 Å². The van der Waals surface area contributed by atoms with Crippen molar-refractivity contribution >= 4 is 0 Å². The van der Waals surface area contributed by atoms with Crippen LogP contribution < -0.4 is 10.1 Å². The minimum Gasteiger partial charge on any atom is -0.496 e. The Morgan fingerprint density at radius 3 is 2.60 bits per heavy atom. The lowest BCUT2D eigenvalue weighted by molar-refractivity contribution is 0.406. The predicted molar refractivity (Wildman–Crippen MR) is 79.6 cm³/mol. The fourth-order valence-corrected chi connectivity index (χ4v) is 2.36. The predicted octanol–water partition coefficient (Wildman–Crippen LogP) is 3.21. The maximum absolute atomic E-state index is 13.2. The first kappa shape index (κ1) is 14.5. The minimum atomic E-state index is -0.186. The maximum Gasteiger partial charge on any atom is 0.123 e. The number of methoxy groups -OCH3 is 1. The van der Waals surface area contributed by atoms with E-state index in [1.807, 2.05) is 31.3 Å². The van der Waals surface area contributed by atoms with E-state index in [1.165, 1.54) is 6.07 Å². The molecule has 1 atom stereocenters. The molecular weight excluding hydrogens is 253 g/mol. The SMILES string of the molecule is CNC(Cc1cccc(F)c1)Cc1ccccc1OC. The average molecular weight is 273 g/mol. The van der Waals surface area contributed by atoms with E-state index in [4.69, 9.17) is 4.74 Å². The third-order valence-electron chi connectivity index (χ3n) is 3.44. The summed E-state index contributed by atoms with van der Waals surface area (Å²) in [5.41, 5.74) is 2.16. The van der Waals surface area contributed by atoms with Crippen molar-refractivity contribution in [2.75, 3.05) is 14.2 Å². The molecule has 0 spiro atoms. The molecule has 106 valence electrons. The Morgan fingerprint density at radius 2 is 1.90 bits per heavy atom. The van der Waals surface area contributed by atoms with Crippen molar-refractivity contribution in [2.45, 2.75) is 18.9 Å². The van der Waals surface area contributed by atoms with Crippen LogP contribution in [0.1, 0.15) is 11.1 Å². The topological polar surface area (TPSA) is 21.3 Å². The molecule has 0 aromatic heterocycles. The van der Waals surface area contributed by atoms with Crippen molar-refractivity contribution < 1.29 is 9.13 Å². The van der Waals surface area contributed by atoms with Gasteiger partial charge >= 0.3 is 0 Å². The molecule has 20 heavy (non-hydrogen) atoms. The van der Waals surface area contributed by atoms with Crippen LogP contribution in [0.25, 0.3) is 0 Å². The summed E-state index contributed by atoms with van der Waals surface area (Å²) in [5, 5.41) is 3.29. The maximum atomic E-state index is 13.2. The van der Waals surface area contributed by atoms with Gasteiger partial charge < -0.3 is 10.1 Å².